The summed E-state index contributed by atoms with van der Waals surface area (Å²) in [5, 5.41) is 7.29. The van der Waals surface area contributed by atoms with Crippen molar-refractivity contribution in [2.45, 2.75) is 190 Å². The summed E-state index contributed by atoms with van der Waals surface area (Å²) >= 11 is 0. The molecule has 306 valence electrons. The van der Waals surface area contributed by atoms with E-state index in [0.717, 1.165) is 90.9 Å². The first-order valence-corrected chi connectivity index (χ1v) is 22.2. The molecule has 7 heteroatoms. The number of ether oxygens (including phenoxy) is 3. The van der Waals surface area contributed by atoms with Crippen LogP contribution in [0.1, 0.15) is 171 Å². The molecule has 0 saturated heterocycles. The fourth-order valence-corrected chi connectivity index (χ4v) is 8.82. The van der Waals surface area contributed by atoms with E-state index in [4.69, 9.17) is 25.7 Å². The third-order valence-electron chi connectivity index (χ3n) is 13.2. The lowest BCUT2D eigenvalue weighted by Gasteiger charge is -2.48. The summed E-state index contributed by atoms with van der Waals surface area (Å²) in [5.41, 5.74) is 12.1. The van der Waals surface area contributed by atoms with Crippen LogP contribution in [0.3, 0.4) is 0 Å². The Labute approximate surface area is 319 Å². The van der Waals surface area contributed by atoms with Crippen molar-refractivity contribution >= 4 is 0 Å². The van der Waals surface area contributed by atoms with Crippen LogP contribution >= 0.6 is 0 Å². The van der Waals surface area contributed by atoms with Gasteiger partial charge in [-0.25, -0.2) is 0 Å². The molecule has 1 aliphatic carbocycles. The van der Waals surface area contributed by atoms with Gasteiger partial charge < -0.3 is 36.3 Å². The minimum Gasteiger partial charge on any atom is -0.379 e. The van der Waals surface area contributed by atoms with E-state index in [1.54, 1.807) is 0 Å². The number of hydrogen-bond donors (Lipinski definition) is 4. The first-order chi connectivity index (χ1) is 24.5. The second-order valence-corrected chi connectivity index (χ2v) is 17.2. The van der Waals surface area contributed by atoms with Crippen LogP contribution in [0.5, 0.6) is 0 Å². The van der Waals surface area contributed by atoms with Gasteiger partial charge in [0, 0.05) is 19.8 Å². The Kier molecular flexibility index (Phi) is 27.8. The second kappa shape index (κ2) is 29.1. The van der Waals surface area contributed by atoms with Gasteiger partial charge in [0.25, 0.3) is 0 Å². The molecule has 1 fully saturated rings. The molecule has 0 amide bonds. The van der Waals surface area contributed by atoms with Crippen LogP contribution in [-0.4, -0.2) is 77.4 Å². The topological polar surface area (TPSA) is 104 Å². The lowest BCUT2D eigenvalue weighted by Crippen LogP contribution is -2.46. The van der Waals surface area contributed by atoms with Crippen molar-refractivity contribution in [1.82, 2.24) is 10.6 Å². The quantitative estimate of drug-likeness (QED) is 0.0483. The fraction of sp³-hybridized carbons (Fsp3) is 1.00. The molecule has 1 rings (SSSR count). The van der Waals surface area contributed by atoms with Gasteiger partial charge >= 0.3 is 0 Å². The first kappa shape index (κ1) is 48.7. The van der Waals surface area contributed by atoms with E-state index in [-0.39, 0.29) is 23.0 Å². The van der Waals surface area contributed by atoms with Crippen LogP contribution < -0.4 is 22.1 Å². The van der Waals surface area contributed by atoms with Crippen molar-refractivity contribution in [3.8, 4) is 0 Å². The highest BCUT2D eigenvalue weighted by atomic mass is 16.5. The van der Waals surface area contributed by atoms with Crippen molar-refractivity contribution in [3.63, 3.8) is 0 Å². The molecule has 1 aliphatic rings. The Hall–Kier alpha value is -0.280. The maximum Gasteiger partial charge on any atom is 0.0636 e. The molecule has 6 N–H and O–H groups in total. The van der Waals surface area contributed by atoms with E-state index in [2.05, 4.69) is 72.9 Å². The zero-order valence-electron chi connectivity index (χ0n) is 35.8. The van der Waals surface area contributed by atoms with E-state index in [1.807, 2.05) is 0 Å². The lowest BCUT2D eigenvalue weighted by molar-refractivity contribution is -0.100. The summed E-state index contributed by atoms with van der Waals surface area (Å²) in [6, 6.07) is 0. The Morgan fingerprint density at radius 3 is 1.94 bits per heavy atom. The van der Waals surface area contributed by atoms with Crippen LogP contribution in [-0.2, 0) is 14.2 Å². The minimum atomic E-state index is 0.161. The van der Waals surface area contributed by atoms with Gasteiger partial charge in [-0.1, -0.05) is 68.2 Å². The number of rotatable bonds is 35. The number of hydrogen-bond acceptors (Lipinski definition) is 7. The third-order valence-corrected chi connectivity index (χ3v) is 13.2. The molecule has 9 atom stereocenters. The molecule has 0 radical (unpaired) electrons. The maximum atomic E-state index is 7.03. The maximum absolute atomic E-state index is 7.03. The normalized spacial score (nSPS) is 23.6. The van der Waals surface area contributed by atoms with Crippen LogP contribution in [0.4, 0.5) is 0 Å². The van der Waals surface area contributed by atoms with Crippen LogP contribution in [0, 0.1) is 34.5 Å². The first-order valence-electron chi connectivity index (χ1n) is 22.2. The molecule has 0 spiro atoms. The van der Waals surface area contributed by atoms with Gasteiger partial charge in [-0.2, -0.15) is 0 Å². The van der Waals surface area contributed by atoms with Crippen molar-refractivity contribution in [1.29, 1.82) is 0 Å². The molecule has 0 aromatic heterocycles. The zero-order valence-corrected chi connectivity index (χ0v) is 35.8. The van der Waals surface area contributed by atoms with Gasteiger partial charge in [0.2, 0.25) is 0 Å². The SMILES string of the molecule is CCCCNCCCNCCC[C@@H](C)[C@H]1CC[C@@H](C)[C@]1(C)[C@H](C[C@@H](C)[C@@](C)(CC[C@H](CC)OCCCN)CC[C@H](C)OCCCC)OCCCN. The molecular formula is C44H92N4O3. The zero-order chi connectivity index (χ0) is 38.0. The van der Waals surface area contributed by atoms with Gasteiger partial charge in [-0.05, 0) is 177 Å². The Morgan fingerprint density at radius 1 is 0.725 bits per heavy atom. The van der Waals surface area contributed by atoms with Gasteiger partial charge in [-0.15, -0.1) is 0 Å². The molecule has 0 bridgehead atoms. The van der Waals surface area contributed by atoms with E-state index in [0.29, 0.717) is 42.9 Å². The molecule has 7 nitrogen and oxygen atoms in total. The highest BCUT2D eigenvalue weighted by molar-refractivity contribution is 5.01. The fourth-order valence-electron chi connectivity index (χ4n) is 8.82. The Bertz CT molecular complexity index is 804. The smallest absolute Gasteiger partial charge is 0.0636 e. The van der Waals surface area contributed by atoms with E-state index >= 15 is 0 Å². The predicted molar refractivity (Wildman–Crippen MR) is 221 cm³/mol. The highest BCUT2D eigenvalue weighted by Gasteiger charge is 2.52. The van der Waals surface area contributed by atoms with Crippen LogP contribution in [0.25, 0.3) is 0 Å². The molecule has 51 heavy (non-hydrogen) atoms. The Balaban J connectivity index is 3.07. The van der Waals surface area contributed by atoms with E-state index in [9.17, 15) is 0 Å². The van der Waals surface area contributed by atoms with Crippen LogP contribution in [0.2, 0.25) is 0 Å². The highest BCUT2D eigenvalue weighted by Crippen LogP contribution is 2.56. The van der Waals surface area contributed by atoms with Gasteiger partial charge in [0.15, 0.2) is 0 Å². The van der Waals surface area contributed by atoms with E-state index in [1.165, 1.54) is 64.2 Å². The van der Waals surface area contributed by atoms with Gasteiger partial charge in [-0.3, -0.25) is 0 Å². The van der Waals surface area contributed by atoms with Crippen LogP contribution in [0.15, 0.2) is 0 Å². The van der Waals surface area contributed by atoms with Gasteiger partial charge in [0.1, 0.15) is 0 Å². The van der Waals surface area contributed by atoms with Gasteiger partial charge in [0.05, 0.1) is 18.3 Å². The molecular weight excluding hydrogens is 633 g/mol. The molecule has 0 aliphatic heterocycles. The molecule has 0 aromatic carbocycles. The molecule has 0 heterocycles. The molecule has 0 unspecified atom stereocenters. The number of nitrogens with two attached hydrogens (primary N) is 2. The summed E-state index contributed by atoms with van der Waals surface area (Å²) in [6.07, 6.45) is 20.6. The second-order valence-electron chi connectivity index (χ2n) is 17.2. The minimum absolute atomic E-state index is 0.161. The summed E-state index contributed by atoms with van der Waals surface area (Å²) < 4.78 is 19.6. The lowest BCUT2D eigenvalue weighted by atomic mass is 9.61. The van der Waals surface area contributed by atoms with Crippen molar-refractivity contribution in [2.75, 3.05) is 59.1 Å². The molecule has 0 aromatic rings. The average molecular weight is 725 g/mol. The largest absolute Gasteiger partial charge is 0.379 e. The summed E-state index contributed by atoms with van der Waals surface area (Å²) in [6.45, 7) is 30.1. The standard InChI is InChI=1S/C44H92N4O3/c1-10-13-28-47-30-18-31-48-29-15-19-36(4)41-21-20-37(5)44(41,9)42(51-34-17-27-46)35-38(6)43(8,24-22-39(7)49-32-14-11-2)25-23-40(12-3)50-33-16-26-45/h36-42,47-48H,10-35,45-46H2,1-9H3/t36-,37-,38-,39+,40+,41-,42+,43-,44+/m1/s1. The Morgan fingerprint density at radius 2 is 1.31 bits per heavy atom. The summed E-state index contributed by atoms with van der Waals surface area (Å²) in [7, 11) is 0. The monoisotopic (exact) mass is 725 g/mol. The summed E-state index contributed by atoms with van der Waals surface area (Å²) in [5.74, 6) is 2.55. The average Bonchev–Trinajstić information content (AvgIpc) is 3.43. The van der Waals surface area contributed by atoms with Crippen molar-refractivity contribution in [3.05, 3.63) is 0 Å². The third kappa shape index (κ3) is 18.7. The molecule has 1 saturated carbocycles. The summed E-state index contributed by atoms with van der Waals surface area (Å²) in [4.78, 5) is 0. The predicted octanol–water partition coefficient (Wildman–Crippen LogP) is 9.50. The number of nitrogens with one attached hydrogen (secondary N) is 2. The van der Waals surface area contributed by atoms with Crippen molar-refractivity contribution in [2.24, 2.45) is 46.0 Å². The number of unbranched alkanes of at least 4 members (excludes halogenated alkanes) is 2. The van der Waals surface area contributed by atoms with E-state index < -0.39 is 0 Å². The van der Waals surface area contributed by atoms with Crippen molar-refractivity contribution < 1.29 is 14.2 Å².